The summed E-state index contributed by atoms with van der Waals surface area (Å²) in [6, 6.07) is 10.3. The summed E-state index contributed by atoms with van der Waals surface area (Å²) < 4.78 is 40.5. The molecular weight excluding hydrogens is 345 g/mol. The van der Waals surface area contributed by atoms with Crippen LogP contribution in [0.1, 0.15) is 5.56 Å². The SMILES string of the molecule is C=C/C=C\C(=C)[s+]1c2ccccc2c(=O)c2cc(C(F)(F)F)ccc21. The first-order valence-corrected chi connectivity index (χ1v) is 8.64. The summed E-state index contributed by atoms with van der Waals surface area (Å²) >= 11 is 0. The number of hydrogen-bond acceptors (Lipinski definition) is 1. The van der Waals surface area contributed by atoms with Gasteiger partial charge in [0.05, 0.1) is 16.3 Å². The Morgan fingerprint density at radius 3 is 2.40 bits per heavy atom. The van der Waals surface area contributed by atoms with Crippen molar-refractivity contribution in [2.24, 2.45) is 0 Å². The number of alkyl halides is 3. The second kappa shape index (κ2) is 6.33. The van der Waals surface area contributed by atoms with Crippen LogP contribution in [-0.4, -0.2) is 0 Å². The molecule has 126 valence electrons. The zero-order valence-corrected chi connectivity index (χ0v) is 14.0. The first-order valence-electron chi connectivity index (χ1n) is 7.42. The molecule has 0 N–H and O–H groups in total. The van der Waals surface area contributed by atoms with E-state index in [1.807, 2.05) is 12.1 Å². The van der Waals surface area contributed by atoms with Crippen molar-refractivity contribution < 1.29 is 13.2 Å². The van der Waals surface area contributed by atoms with Gasteiger partial charge in [0, 0.05) is 10.5 Å². The van der Waals surface area contributed by atoms with Crippen LogP contribution in [0.25, 0.3) is 25.1 Å². The van der Waals surface area contributed by atoms with Crippen molar-refractivity contribution in [2.75, 3.05) is 0 Å². The molecule has 1 unspecified atom stereocenters. The van der Waals surface area contributed by atoms with Gasteiger partial charge in [0.15, 0.2) is 14.3 Å². The predicted octanol–water partition coefficient (Wildman–Crippen LogP) is 6.33. The van der Waals surface area contributed by atoms with Crippen molar-refractivity contribution in [1.82, 2.24) is 0 Å². The van der Waals surface area contributed by atoms with Crippen molar-refractivity contribution in [2.45, 2.75) is 6.18 Å². The van der Waals surface area contributed by atoms with Gasteiger partial charge in [-0.25, -0.2) is 0 Å². The van der Waals surface area contributed by atoms with Gasteiger partial charge >= 0.3 is 6.18 Å². The first kappa shape index (κ1) is 17.2. The lowest BCUT2D eigenvalue weighted by Gasteiger charge is -2.08. The third-order valence-corrected chi connectivity index (χ3v) is 6.06. The number of allylic oxidation sites excluding steroid dienone is 4. The molecule has 1 aromatic heterocycles. The van der Waals surface area contributed by atoms with E-state index in [1.165, 1.54) is 6.07 Å². The van der Waals surface area contributed by atoms with Gasteiger partial charge in [-0.05, 0) is 43.0 Å². The zero-order valence-electron chi connectivity index (χ0n) is 13.1. The summed E-state index contributed by atoms with van der Waals surface area (Å²) in [5.41, 5.74) is -1.21. The van der Waals surface area contributed by atoms with Gasteiger partial charge in [0.2, 0.25) is 5.43 Å². The number of halogens is 3. The fraction of sp³-hybridized carbons (Fsp3) is 0.0500. The highest BCUT2D eigenvalue weighted by Crippen LogP contribution is 2.44. The summed E-state index contributed by atoms with van der Waals surface area (Å²) in [6.45, 7) is 7.67. The maximum atomic E-state index is 13.1. The van der Waals surface area contributed by atoms with Crippen molar-refractivity contribution in [1.29, 1.82) is 0 Å². The molecule has 0 amide bonds. The zero-order chi connectivity index (χ0) is 18.2. The Morgan fingerprint density at radius 1 is 1.04 bits per heavy atom. The number of rotatable bonds is 3. The van der Waals surface area contributed by atoms with E-state index in [4.69, 9.17) is 0 Å². The van der Waals surface area contributed by atoms with Crippen molar-refractivity contribution in [3.05, 3.63) is 89.6 Å². The molecule has 3 aromatic rings. The van der Waals surface area contributed by atoms with Gasteiger partial charge in [0.1, 0.15) is 0 Å². The summed E-state index contributed by atoms with van der Waals surface area (Å²) in [4.78, 5) is 13.5. The third kappa shape index (κ3) is 3.03. The summed E-state index contributed by atoms with van der Waals surface area (Å²) in [5.74, 6) is 0. The molecule has 3 rings (SSSR count). The predicted molar refractivity (Wildman–Crippen MR) is 99.9 cm³/mol. The fourth-order valence-corrected chi connectivity index (χ4v) is 4.87. The van der Waals surface area contributed by atoms with Gasteiger partial charge in [-0.2, -0.15) is 13.2 Å². The quantitative estimate of drug-likeness (QED) is 0.303. The number of fused-ring (bicyclic) bond motifs is 2. The highest BCUT2D eigenvalue weighted by atomic mass is 32.2. The number of benzene rings is 2. The summed E-state index contributed by atoms with van der Waals surface area (Å²) in [7, 11) is -0.714. The minimum absolute atomic E-state index is 0.0880. The van der Waals surface area contributed by atoms with E-state index in [2.05, 4.69) is 13.2 Å². The van der Waals surface area contributed by atoms with E-state index < -0.39 is 22.2 Å². The van der Waals surface area contributed by atoms with E-state index in [0.717, 1.165) is 16.8 Å². The van der Waals surface area contributed by atoms with E-state index in [0.29, 0.717) is 15.0 Å². The molecule has 1 heterocycles. The average molecular weight is 359 g/mol. The Morgan fingerprint density at radius 2 is 1.72 bits per heavy atom. The normalized spacial score (nSPS) is 12.8. The maximum absolute atomic E-state index is 13.1. The Bertz CT molecular complexity index is 1090. The van der Waals surface area contributed by atoms with Crippen LogP contribution >= 0.6 is 10.5 Å². The molecule has 1 nitrogen and oxygen atoms in total. The Balaban J connectivity index is 2.48. The Kier molecular flexibility index (Phi) is 4.35. The van der Waals surface area contributed by atoms with Gasteiger partial charge in [-0.1, -0.05) is 30.9 Å². The van der Waals surface area contributed by atoms with Crippen LogP contribution in [-0.2, 0) is 6.18 Å². The minimum atomic E-state index is -4.50. The lowest BCUT2D eigenvalue weighted by atomic mass is 10.1. The lowest BCUT2D eigenvalue weighted by Crippen LogP contribution is -2.08. The molecule has 5 heteroatoms. The van der Waals surface area contributed by atoms with Crippen LogP contribution in [0.5, 0.6) is 0 Å². The third-order valence-electron chi connectivity index (χ3n) is 3.80. The first-order chi connectivity index (χ1) is 11.8. The monoisotopic (exact) mass is 359 g/mol. The lowest BCUT2D eigenvalue weighted by molar-refractivity contribution is -0.137. The minimum Gasteiger partial charge on any atom is -0.288 e. The maximum Gasteiger partial charge on any atom is 0.416 e. The standard InChI is InChI=1S/C20H14F3OS/c1-3-4-7-13(2)25-17-9-6-5-8-15(17)19(24)16-12-14(20(21,22)23)10-11-18(16)25/h3-12H,1-2H2/q+1/b7-4-. The van der Waals surface area contributed by atoms with Crippen LogP contribution in [0.2, 0.25) is 0 Å². The molecule has 0 fully saturated rings. The Labute approximate surface area is 145 Å². The smallest absolute Gasteiger partial charge is 0.288 e. The average Bonchev–Trinajstić information content (AvgIpc) is 2.59. The van der Waals surface area contributed by atoms with E-state index in [9.17, 15) is 18.0 Å². The second-order valence-corrected chi connectivity index (χ2v) is 7.42. The second-order valence-electron chi connectivity index (χ2n) is 5.40. The van der Waals surface area contributed by atoms with Crippen molar-refractivity contribution >= 4 is 35.5 Å². The molecule has 0 aliphatic carbocycles. The topological polar surface area (TPSA) is 17.1 Å². The highest BCUT2D eigenvalue weighted by Gasteiger charge is 2.32. The van der Waals surface area contributed by atoms with E-state index in [-0.39, 0.29) is 10.8 Å². The fourth-order valence-electron chi connectivity index (χ4n) is 2.68. The summed E-state index contributed by atoms with van der Waals surface area (Å²) in [6.07, 6.45) is 0.593. The molecule has 0 bridgehead atoms. The van der Waals surface area contributed by atoms with Crippen LogP contribution < -0.4 is 5.43 Å². The molecule has 0 spiro atoms. The van der Waals surface area contributed by atoms with Gasteiger partial charge in [-0.15, -0.1) is 0 Å². The van der Waals surface area contributed by atoms with Gasteiger partial charge in [-0.3, -0.25) is 4.79 Å². The Hall–Kier alpha value is -2.66. The molecule has 25 heavy (non-hydrogen) atoms. The molecule has 0 saturated carbocycles. The molecular formula is C20H14F3OS+. The molecule has 2 aromatic carbocycles. The van der Waals surface area contributed by atoms with Gasteiger partial charge < -0.3 is 0 Å². The molecule has 0 aliphatic heterocycles. The molecule has 1 atom stereocenters. The highest BCUT2D eigenvalue weighted by molar-refractivity contribution is 7.53. The van der Waals surface area contributed by atoms with Crippen LogP contribution in [0.15, 0.2) is 78.6 Å². The number of hydrogen-bond donors (Lipinski definition) is 0. The van der Waals surface area contributed by atoms with Crippen molar-refractivity contribution in [3.8, 4) is 0 Å². The largest absolute Gasteiger partial charge is 0.416 e. The van der Waals surface area contributed by atoms with Crippen LogP contribution in [0, 0.1) is 0 Å². The van der Waals surface area contributed by atoms with Crippen LogP contribution in [0.4, 0.5) is 13.2 Å². The van der Waals surface area contributed by atoms with Crippen molar-refractivity contribution in [3.63, 3.8) is 0 Å². The summed E-state index contributed by atoms with van der Waals surface area (Å²) in [5, 5.41) is 0.510. The van der Waals surface area contributed by atoms with Gasteiger partial charge in [0.25, 0.3) is 0 Å². The van der Waals surface area contributed by atoms with Crippen LogP contribution in [0.3, 0.4) is 0 Å². The molecule has 0 radical (unpaired) electrons. The molecule has 0 aliphatic rings. The van der Waals surface area contributed by atoms with E-state index >= 15 is 0 Å². The molecule has 0 saturated heterocycles. The van der Waals surface area contributed by atoms with E-state index in [1.54, 1.807) is 30.4 Å².